The van der Waals surface area contributed by atoms with Gasteiger partial charge in [-0.2, -0.15) is 0 Å². The smallest absolute Gasteiger partial charge is 0.407 e. The van der Waals surface area contributed by atoms with Gasteiger partial charge in [0, 0.05) is 29.6 Å². The SMILES string of the molecule is COC(=O)N[C@H](C(=O)N1CCC[C@H]1c1ncc(-c2ccc3c(F)c4oc5ccc(-c6cnc([C@@H]7CCCN7C(=O)[C@@H](NC(=O)O)C(C)C)[nH]6)cc5c(=O)c4cc3c2)[nH]1)C(C)C. The van der Waals surface area contributed by atoms with E-state index in [1.165, 1.54) is 7.11 Å². The number of carboxylic acid groups (broad SMARTS) is 1. The molecule has 17 heteroatoms. The van der Waals surface area contributed by atoms with Gasteiger partial charge in [-0.15, -0.1) is 0 Å². The number of halogens is 1. The van der Waals surface area contributed by atoms with E-state index in [1.807, 2.05) is 13.8 Å². The topological polar surface area (TPSA) is 216 Å². The molecular weight excluding hydrogens is 788 g/mol. The average molecular weight is 835 g/mol. The predicted molar refractivity (Wildman–Crippen MR) is 224 cm³/mol. The second kappa shape index (κ2) is 16.3. The number of carbonyl (C=O) groups excluding carboxylic acids is 3. The van der Waals surface area contributed by atoms with Crippen LogP contribution in [0, 0.1) is 17.7 Å². The molecule has 0 radical (unpaired) electrons. The molecule has 61 heavy (non-hydrogen) atoms. The molecule has 0 unspecified atom stereocenters. The van der Waals surface area contributed by atoms with Crippen molar-refractivity contribution >= 4 is 56.7 Å². The fraction of sp³-hybridized carbons (Fsp3) is 0.386. The van der Waals surface area contributed by atoms with E-state index < -0.39 is 35.5 Å². The van der Waals surface area contributed by atoms with E-state index in [2.05, 4.69) is 30.6 Å². The summed E-state index contributed by atoms with van der Waals surface area (Å²) in [7, 11) is 1.25. The molecule has 2 fully saturated rings. The summed E-state index contributed by atoms with van der Waals surface area (Å²) < 4.78 is 27.0. The normalized spacial score (nSPS) is 17.8. The number of hydrogen-bond acceptors (Lipinski definition) is 9. The monoisotopic (exact) mass is 834 g/mol. The maximum Gasteiger partial charge on any atom is 0.407 e. The molecule has 0 spiro atoms. The zero-order valence-corrected chi connectivity index (χ0v) is 34.4. The number of amides is 4. The van der Waals surface area contributed by atoms with Gasteiger partial charge in [0.2, 0.25) is 17.2 Å². The Hall–Kier alpha value is -6.78. The molecule has 3 aromatic heterocycles. The lowest BCUT2D eigenvalue weighted by molar-refractivity contribution is -0.136. The van der Waals surface area contributed by atoms with Gasteiger partial charge >= 0.3 is 12.2 Å². The Balaban J connectivity index is 1.07. The summed E-state index contributed by atoms with van der Waals surface area (Å²) in [6.07, 6.45) is 4.14. The Labute approximate surface area is 348 Å². The fourth-order valence-corrected chi connectivity index (χ4v) is 8.64. The number of H-pyrrole nitrogens is 2. The summed E-state index contributed by atoms with van der Waals surface area (Å²) >= 11 is 0. The fourth-order valence-electron chi connectivity index (χ4n) is 8.64. The first-order valence-electron chi connectivity index (χ1n) is 20.4. The van der Waals surface area contributed by atoms with Crippen molar-refractivity contribution in [3.05, 3.63) is 82.5 Å². The molecule has 8 rings (SSSR count). The minimum atomic E-state index is -1.27. The van der Waals surface area contributed by atoms with Crippen molar-refractivity contribution in [3.8, 4) is 22.5 Å². The third-order valence-corrected chi connectivity index (χ3v) is 11.8. The van der Waals surface area contributed by atoms with Crippen molar-refractivity contribution in [2.45, 2.75) is 77.5 Å². The molecule has 318 valence electrons. The van der Waals surface area contributed by atoms with Gasteiger partial charge in [0.15, 0.2) is 11.4 Å². The first-order chi connectivity index (χ1) is 29.2. The number of fused-ring (bicyclic) bond motifs is 3. The highest BCUT2D eigenvalue weighted by Crippen LogP contribution is 2.36. The standard InChI is InChI=1S/C44H47FN8O8/c1-21(2)35(50-43(57)58)41(55)52-14-6-8-31(52)40-47-20-30(49-40)24-11-13-33-27(17-24)37(54)28-18-25-16-23(10-12-26(25)34(45)38(28)61-33)29-19-46-39(48-29)32-9-7-15-53(32)42(56)36(22(3)4)51-44(59)60-5/h10-13,16-22,31-32,35-36,50H,6-9,14-15H2,1-5H3,(H,46,48)(H,47,49)(H,51,59)(H,57,58)/t31-,32-,35-,36-/m0/s1. The van der Waals surface area contributed by atoms with Crippen LogP contribution in [-0.2, 0) is 14.3 Å². The van der Waals surface area contributed by atoms with E-state index in [0.717, 1.165) is 12.8 Å². The minimum Gasteiger partial charge on any atom is -0.465 e. The number of alkyl carbamates (subject to hydrolysis) is 1. The number of ether oxygens (including phenoxy) is 1. The number of benzene rings is 3. The van der Waals surface area contributed by atoms with Crippen molar-refractivity contribution in [2.75, 3.05) is 20.2 Å². The Bertz CT molecular complexity index is 2760. The third-order valence-electron chi connectivity index (χ3n) is 11.8. The van der Waals surface area contributed by atoms with Gasteiger partial charge in [0.1, 0.15) is 29.3 Å². The summed E-state index contributed by atoms with van der Waals surface area (Å²) in [5.74, 6) is -0.512. The predicted octanol–water partition coefficient (Wildman–Crippen LogP) is 7.02. The minimum absolute atomic E-state index is 0.0672. The first-order valence-corrected chi connectivity index (χ1v) is 20.4. The van der Waals surface area contributed by atoms with Crippen molar-refractivity contribution in [1.29, 1.82) is 0 Å². The van der Waals surface area contributed by atoms with Crippen LogP contribution in [0.25, 0.3) is 55.2 Å². The molecule has 2 aliphatic rings. The molecule has 5 N–H and O–H groups in total. The number of nitrogens with zero attached hydrogens (tertiary/aromatic N) is 4. The van der Waals surface area contributed by atoms with E-state index in [1.54, 1.807) is 78.5 Å². The molecule has 6 aromatic rings. The van der Waals surface area contributed by atoms with E-state index in [0.29, 0.717) is 65.5 Å². The molecule has 4 amide bonds. The lowest BCUT2D eigenvalue weighted by Crippen LogP contribution is -2.51. The zero-order chi connectivity index (χ0) is 43.3. The number of aromatic amines is 2. The number of hydrogen-bond donors (Lipinski definition) is 5. The largest absolute Gasteiger partial charge is 0.465 e. The van der Waals surface area contributed by atoms with Gasteiger partial charge in [-0.3, -0.25) is 14.4 Å². The highest BCUT2D eigenvalue weighted by atomic mass is 19.1. The quantitative estimate of drug-likeness (QED) is 0.0889. The van der Waals surface area contributed by atoms with Crippen LogP contribution in [0.4, 0.5) is 14.0 Å². The maximum absolute atomic E-state index is 16.2. The summed E-state index contributed by atoms with van der Waals surface area (Å²) in [6.45, 7) is 8.25. The maximum atomic E-state index is 16.2. The number of nitrogens with one attached hydrogen (secondary N) is 4. The second-order valence-corrected chi connectivity index (χ2v) is 16.4. The number of aromatic nitrogens is 4. The number of rotatable bonds is 10. The average Bonchev–Trinajstić information content (AvgIpc) is 4.08. The number of methoxy groups -OCH3 is 1. The molecule has 2 saturated heterocycles. The molecule has 4 atom stereocenters. The van der Waals surface area contributed by atoms with Gasteiger partial charge in [-0.1, -0.05) is 39.8 Å². The Kier molecular flexibility index (Phi) is 11.0. The highest BCUT2D eigenvalue weighted by molar-refractivity contribution is 6.01. The van der Waals surface area contributed by atoms with Crippen molar-refractivity contribution < 1.29 is 37.8 Å². The first kappa shape index (κ1) is 41.0. The summed E-state index contributed by atoms with van der Waals surface area (Å²) in [5, 5.41) is 15.4. The van der Waals surface area contributed by atoms with E-state index >= 15 is 4.39 Å². The molecule has 0 saturated carbocycles. The highest BCUT2D eigenvalue weighted by Gasteiger charge is 2.39. The molecule has 0 aliphatic carbocycles. The van der Waals surface area contributed by atoms with Crippen LogP contribution in [0.1, 0.15) is 77.1 Å². The van der Waals surface area contributed by atoms with Gasteiger partial charge in [-0.25, -0.2) is 23.9 Å². The van der Waals surface area contributed by atoms with Crippen LogP contribution >= 0.6 is 0 Å². The molecular formula is C44H47FN8O8. The van der Waals surface area contributed by atoms with Gasteiger partial charge in [0.05, 0.1) is 53.7 Å². The molecule has 16 nitrogen and oxygen atoms in total. The van der Waals surface area contributed by atoms with E-state index in [-0.39, 0.29) is 63.1 Å². The third kappa shape index (κ3) is 7.64. The molecule has 5 heterocycles. The lowest BCUT2D eigenvalue weighted by Gasteiger charge is -2.30. The lowest BCUT2D eigenvalue weighted by atomic mass is 10.0. The zero-order valence-electron chi connectivity index (χ0n) is 34.4. The van der Waals surface area contributed by atoms with E-state index in [9.17, 15) is 29.1 Å². The van der Waals surface area contributed by atoms with Gasteiger partial charge in [0.25, 0.3) is 0 Å². The Morgan fingerprint density at radius 2 is 1.36 bits per heavy atom. The molecule has 2 aliphatic heterocycles. The van der Waals surface area contributed by atoms with Crippen LogP contribution in [0.15, 0.2) is 64.1 Å². The summed E-state index contributed by atoms with van der Waals surface area (Å²) in [4.78, 5) is 83.9. The van der Waals surface area contributed by atoms with Crippen molar-refractivity contribution in [2.24, 2.45) is 11.8 Å². The second-order valence-electron chi connectivity index (χ2n) is 16.4. The Morgan fingerprint density at radius 3 is 1.92 bits per heavy atom. The van der Waals surface area contributed by atoms with Crippen LogP contribution in [0.3, 0.4) is 0 Å². The molecule has 3 aromatic carbocycles. The van der Waals surface area contributed by atoms with Crippen LogP contribution < -0.4 is 16.1 Å². The van der Waals surface area contributed by atoms with Crippen LogP contribution in [-0.4, -0.2) is 91.1 Å². The van der Waals surface area contributed by atoms with Gasteiger partial charge in [-0.05, 0) is 73.2 Å². The van der Waals surface area contributed by atoms with Crippen molar-refractivity contribution in [1.82, 2.24) is 40.4 Å². The van der Waals surface area contributed by atoms with Gasteiger partial charge < -0.3 is 44.7 Å². The van der Waals surface area contributed by atoms with Crippen LogP contribution in [0.5, 0.6) is 0 Å². The number of imidazole rings is 2. The Morgan fingerprint density at radius 1 is 0.803 bits per heavy atom. The molecule has 0 bridgehead atoms. The number of likely N-dealkylation sites (tertiary alicyclic amines) is 2. The van der Waals surface area contributed by atoms with Crippen molar-refractivity contribution in [3.63, 3.8) is 0 Å². The number of carbonyl (C=O) groups is 4. The van der Waals surface area contributed by atoms with Crippen LogP contribution in [0.2, 0.25) is 0 Å². The van der Waals surface area contributed by atoms with E-state index in [4.69, 9.17) is 9.15 Å². The summed E-state index contributed by atoms with van der Waals surface area (Å²) in [5.41, 5.74) is 2.18. The summed E-state index contributed by atoms with van der Waals surface area (Å²) in [6, 6.07) is 9.39.